The number of thioether (sulfide) groups is 1. The van der Waals surface area contributed by atoms with Gasteiger partial charge >= 0.3 is 5.97 Å². The standard InChI is InChI=1S/C22H27NO3S.C8H19N/c1-4-7-16-10-11-18(19(14-16)17-9-6-5-8-15(17)2)21(24)23-20(22(25)26)12-13-27-3;1-3-5-7-9-8-6-4-2/h5-6,8-11,14,20H,4,7,12-13H2,1-3H3,(H,23,24)(H,25,26);9H,3-8H2,1-2H3. The maximum atomic E-state index is 12.9. The summed E-state index contributed by atoms with van der Waals surface area (Å²) in [5.74, 6) is -0.667. The molecule has 0 spiro atoms. The average molecular weight is 515 g/mol. The molecule has 0 saturated carbocycles. The lowest BCUT2D eigenvalue weighted by molar-refractivity contribution is -0.139. The predicted octanol–water partition coefficient (Wildman–Crippen LogP) is 6.73. The van der Waals surface area contributed by atoms with Gasteiger partial charge in [-0.3, -0.25) is 4.79 Å². The molecule has 36 heavy (non-hydrogen) atoms. The lowest BCUT2D eigenvalue weighted by Crippen LogP contribution is -2.41. The Hall–Kier alpha value is -2.31. The minimum atomic E-state index is -1.00. The summed E-state index contributed by atoms with van der Waals surface area (Å²) in [6.07, 6.45) is 9.53. The Labute approximate surface area is 222 Å². The van der Waals surface area contributed by atoms with Crippen LogP contribution in [-0.4, -0.2) is 48.1 Å². The molecule has 6 heteroatoms. The number of aryl methyl sites for hydroxylation is 2. The minimum absolute atomic E-state index is 0.343. The SMILES string of the molecule is CCCCNCCCC.CCCc1ccc(C(=O)NC(CCSC)C(=O)O)c(-c2ccccc2C)c1. The summed E-state index contributed by atoms with van der Waals surface area (Å²) in [6.45, 7) is 11.0. The molecular formula is C30H46N2O3S. The normalized spacial score (nSPS) is 11.4. The summed E-state index contributed by atoms with van der Waals surface area (Å²) >= 11 is 1.57. The van der Waals surface area contributed by atoms with Crippen molar-refractivity contribution in [1.29, 1.82) is 0 Å². The molecule has 0 heterocycles. The van der Waals surface area contributed by atoms with E-state index in [1.807, 2.05) is 49.6 Å². The number of benzene rings is 2. The van der Waals surface area contributed by atoms with Crippen LogP contribution in [0.25, 0.3) is 11.1 Å². The average Bonchev–Trinajstić information content (AvgIpc) is 2.87. The van der Waals surface area contributed by atoms with Crippen LogP contribution in [-0.2, 0) is 11.2 Å². The largest absolute Gasteiger partial charge is 0.480 e. The maximum Gasteiger partial charge on any atom is 0.326 e. The van der Waals surface area contributed by atoms with E-state index in [1.54, 1.807) is 11.8 Å². The van der Waals surface area contributed by atoms with Gasteiger partial charge in [0.05, 0.1) is 0 Å². The molecule has 0 aliphatic carbocycles. The minimum Gasteiger partial charge on any atom is -0.480 e. The van der Waals surface area contributed by atoms with Crippen molar-refractivity contribution in [3.8, 4) is 11.1 Å². The van der Waals surface area contributed by atoms with Gasteiger partial charge in [0.2, 0.25) is 0 Å². The smallest absolute Gasteiger partial charge is 0.326 e. The number of rotatable bonds is 15. The zero-order valence-corrected chi connectivity index (χ0v) is 23.7. The first-order chi connectivity index (χ1) is 17.4. The van der Waals surface area contributed by atoms with Crippen molar-refractivity contribution in [1.82, 2.24) is 10.6 Å². The molecule has 5 nitrogen and oxygen atoms in total. The van der Waals surface area contributed by atoms with Gasteiger partial charge in [-0.25, -0.2) is 4.79 Å². The van der Waals surface area contributed by atoms with Crippen LogP contribution >= 0.6 is 11.8 Å². The number of nitrogens with one attached hydrogen (secondary N) is 2. The number of carboxylic acids is 1. The van der Waals surface area contributed by atoms with Crippen LogP contribution in [0.3, 0.4) is 0 Å². The highest BCUT2D eigenvalue weighted by molar-refractivity contribution is 7.98. The Morgan fingerprint density at radius 3 is 2.17 bits per heavy atom. The van der Waals surface area contributed by atoms with Crippen molar-refractivity contribution in [2.45, 2.75) is 78.7 Å². The molecule has 0 fully saturated rings. The fraction of sp³-hybridized carbons (Fsp3) is 0.533. The molecule has 200 valence electrons. The highest BCUT2D eigenvalue weighted by Gasteiger charge is 2.22. The van der Waals surface area contributed by atoms with Crippen LogP contribution in [0.5, 0.6) is 0 Å². The second-order valence-corrected chi connectivity index (χ2v) is 10.0. The monoisotopic (exact) mass is 514 g/mol. The summed E-state index contributed by atoms with van der Waals surface area (Å²) in [5.41, 5.74) is 4.61. The number of aliphatic carboxylic acids is 1. The van der Waals surface area contributed by atoms with Gasteiger partial charge in [0.15, 0.2) is 0 Å². The topological polar surface area (TPSA) is 78.4 Å². The molecule has 0 aliphatic rings. The highest BCUT2D eigenvalue weighted by atomic mass is 32.2. The molecule has 0 saturated heterocycles. The van der Waals surface area contributed by atoms with E-state index in [9.17, 15) is 14.7 Å². The Morgan fingerprint density at radius 1 is 0.944 bits per heavy atom. The van der Waals surface area contributed by atoms with E-state index >= 15 is 0 Å². The van der Waals surface area contributed by atoms with E-state index < -0.39 is 12.0 Å². The molecule has 1 amide bonds. The van der Waals surface area contributed by atoms with Crippen molar-refractivity contribution in [2.24, 2.45) is 0 Å². The number of carbonyl (C=O) groups is 2. The van der Waals surface area contributed by atoms with E-state index in [1.165, 1.54) is 44.3 Å². The van der Waals surface area contributed by atoms with Crippen LogP contribution in [0.4, 0.5) is 0 Å². The fourth-order valence-electron chi connectivity index (χ4n) is 3.79. The van der Waals surface area contributed by atoms with Crippen molar-refractivity contribution in [2.75, 3.05) is 25.1 Å². The van der Waals surface area contributed by atoms with E-state index in [4.69, 9.17) is 0 Å². The van der Waals surface area contributed by atoms with Gasteiger partial charge in [-0.1, -0.05) is 76.4 Å². The van der Waals surface area contributed by atoms with Crippen molar-refractivity contribution in [3.63, 3.8) is 0 Å². The quantitative estimate of drug-likeness (QED) is 0.230. The van der Waals surface area contributed by atoms with Crippen LogP contribution in [0.1, 0.15) is 80.8 Å². The van der Waals surface area contributed by atoms with Gasteiger partial charge in [-0.2, -0.15) is 11.8 Å². The van der Waals surface area contributed by atoms with Gasteiger partial charge in [0.25, 0.3) is 5.91 Å². The van der Waals surface area contributed by atoms with Crippen LogP contribution in [0, 0.1) is 6.92 Å². The predicted molar refractivity (Wildman–Crippen MR) is 155 cm³/mol. The third-order valence-corrected chi connectivity index (χ3v) is 6.57. The van der Waals surface area contributed by atoms with Gasteiger partial charge < -0.3 is 15.7 Å². The molecule has 2 aromatic rings. The van der Waals surface area contributed by atoms with E-state index in [0.29, 0.717) is 17.7 Å². The van der Waals surface area contributed by atoms with Gasteiger partial charge in [0, 0.05) is 5.56 Å². The van der Waals surface area contributed by atoms with Gasteiger partial charge in [-0.15, -0.1) is 0 Å². The fourth-order valence-corrected chi connectivity index (χ4v) is 4.26. The molecule has 0 aliphatic heterocycles. The third kappa shape index (κ3) is 11.6. The first-order valence-electron chi connectivity index (χ1n) is 13.3. The lowest BCUT2D eigenvalue weighted by atomic mass is 9.92. The number of hydrogen-bond donors (Lipinski definition) is 3. The van der Waals surface area contributed by atoms with Crippen LogP contribution < -0.4 is 10.6 Å². The number of carbonyl (C=O) groups excluding carboxylic acids is 1. The molecule has 0 aromatic heterocycles. The van der Waals surface area contributed by atoms with Crippen molar-refractivity contribution < 1.29 is 14.7 Å². The summed E-state index contributed by atoms with van der Waals surface area (Å²) in [5, 5.41) is 15.5. The molecule has 2 rings (SSSR count). The Kier molecular flexibility index (Phi) is 16.6. The maximum absolute atomic E-state index is 12.9. The van der Waals surface area contributed by atoms with Crippen molar-refractivity contribution in [3.05, 3.63) is 59.2 Å². The molecule has 3 N–H and O–H groups in total. The second-order valence-electron chi connectivity index (χ2n) is 9.05. The third-order valence-electron chi connectivity index (χ3n) is 5.93. The van der Waals surface area contributed by atoms with E-state index in [-0.39, 0.29) is 5.91 Å². The first-order valence-corrected chi connectivity index (χ1v) is 14.7. The number of unbranched alkanes of at least 4 members (excludes halogenated alkanes) is 2. The Bertz CT molecular complexity index is 911. The van der Waals surface area contributed by atoms with Crippen molar-refractivity contribution >= 4 is 23.6 Å². The number of amides is 1. The molecule has 0 bridgehead atoms. The zero-order valence-electron chi connectivity index (χ0n) is 22.9. The number of hydrogen-bond acceptors (Lipinski definition) is 4. The summed E-state index contributed by atoms with van der Waals surface area (Å²) in [6, 6.07) is 12.9. The number of carboxylic acid groups (broad SMARTS) is 1. The summed E-state index contributed by atoms with van der Waals surface area (Å²) < 4.78 is 0. The highest BCUT2D eigenvalue weighted by Crippen LogP contribution is 2.28. The lowest BCUT2D eigenvalue weighted by Gasteiger charge is -2.17. The van der Waals surface area contributed by atoms with E-state index in [2.05, 4.69) is 37.5 Å². The second kappa shape index (κ2) is 18.9. The first kappa shape index (κ1) is 31.7. The Balaban J connectivity index is 0.000000613. The van der Waals surface area contributed by atoms with E-state index in [0.717, 1.165) is 29.5 Å². The molecular weight excluding hydrogens is 468 g/mol. The zero-order chi connectivity index (χ0) is 26.8. The van der Waals surface area contributed by atoms with Crippen LogP contribution in [0.2, 0.25) is 0 Å². The molecule has 0 radical (unpaired) electrons. The Morgan fingerprint density at radius 2 is 1.61 bits per heavy atom. The van der Waals surface area contributed by atoms with Gasteiger partial charge in [-0.05, 0) is 86.0 Å². The van der Waals surface area contributed by atoms with Crippen LogP contribution in [0.15, 0.2) is 42.5 Å². The van der Waals surface area contributed by atoms with Gasteiger partial charge in [0.1, 0.15) is 6.04 Å². The summed E-state index contributed by atoms with van der Waals surface area (Å²) in [7, 11) is 0. The molecule has 1 atom stereocenters. The molecule has 2 aromatic carbocycles. The summed E-state index contributed by atoms with van der Waals surface area (Å²) in [4.78, 5) is 24.4. The molecule has 1 unspecified atom stereocenters.